The molecule has 2 aromatic heterocycles. The molecule has 4 aromatic rings. The van der Waals surface area contributed by atoms with Crippen LogP contribution in [-0.4, -0.2) is 31.6 Å². The number of aromatic nitrogens is 2. The van der Waals surface area contributed by atoms with Crippen molar-refractivity contribution in [2.45, 2.75) is 23.9 Å². The van der Waals surface area contributed by atoms with Gasteiger partial charge in [-0.1, -0.05) is 18.2 Å². The molecule has 0 saturated heterocycles. The molecule has 0 radical (unpaired) electrons. The van der Waals surface area contributed by atoms with E-state index in [1.807, 2.05) is 0 Å². The zero-order valence-electron chi connectivity index (χ0n) is 19.0. The first-order chi connectivity index (χ1) is 17.4. The Labute approximate surface area is 207 Å². The first-order valence-corrected chi connectivity index (χ1v) is 12.3. The number of nitrogens with zero attached hydrogens (tertiary/aromatic N) is 3. The molecular weight excluding hydrogens is 519 g/mol. The van der Waals surface area contributed by atoms with E-state index in [0.29, 0.717) is 11.4 Å². The third-order valence-corrected chi connectivity index (χ3v) is 7.61. The third-order valence-electron chi connectivity index (χ3n) is 6.02. The number of alkyl halides is 3. The van der Waals surface area contributed by atoms with Crippen molar-refractivity contribution < 1.29 is 35.7 Å². The maximum atomic E-state index is 15.0. The summed E-state index contributed by atoms with van der Waals surface area (Å²) < 4.78 is 94.0. The van der Waals surface area contributed by atoms with E-state index in [9.17, 15) is 31.0 Å². The molecule has 2 aromatic carbocycles. The summed E-state index contributed by atoms with van der Waals surface area (Å²) in [5.41, 5.74) is -3.66. The molecule has 1 N–H and O–H groups in total. The van der Waals surface area contributed by atoms with Crippen LogP contribution in [0.5, 0.6) is 5.75 Å². The lowest BCUT2D eigenvalue weighted by Crippen LogP contribution is -2.39. The fraction of sp³-hybridized carbons (Fsp3) is 0.167. The second-order valence-electron chi connectivity index (χ2n) is 8.29. The standard InChI is InChI=1S/C24H17F5N4O3S/c1-13-20(11-33-19-4-2-3-17(25)23(19)36-12-22(33)34)32-10-16(18(26)9-21(32)31-13)14-5-7-15(8-6-14)37(30,35)24(27,28)29/h2-10,30H,11-12H2,1H3. The summed E-state index contributed by atoms with van der Waals surface area (Å²) in [6, 6.07) is 9.36. The van der Waals surface area contributed by atoms with Crippen LogP contribution in [0.4, 0.5) is 27.6 Å². The highest BCUT2D eigenvalue weighted by molar-refractivity contribution is 7.93. The molecule has 37 heavy (non-hydrogen) atoms. The number of carbonyl (C=O) groups excluding carboxylic acids is 1. The van der Waals surface area contributed by atoms with E-state index in [0.717, 1.165) is 30.3 Å². The lowest BCUT2D eigenvalue weighted by atomic mass is 10.1. The molecule has 3 heterocycles. The number of carbonyl (C=O) groups is 1. The average molecular weight is 536 g/mol. The number of ether oxygens (including phenoxy) is 1. The normalized spacial score (nSPS) is 15.4. The van der Waals surface area contributed by atoms with Gasteiger partial charge in [0.05, 0.1) is 28.5 Å². The van der Waals surface area contributed by atoms with E-state index < -0.39 is 37.7 Å². The topological polar surface area (TPSA) is 87.8 Å². The first-order valence-electron chi connectivity index (χ1n) is 10.7. The van der Waals surface area contributed by atoms with Gasteiger partial charge in [0.2, 0.25) is 0 Å². The number of fused-ring (bicyclic) bond motifs is 2. The highest BCUT2D eigenvalue weighted by Gasteiger charge is 2.43. The molecule has 1 atom stereocenters. The van der Waals surface area contributed by atoms with Gasteiger partial charge in [0.1, 0.15) is 11.5 Å². The Bertz CT molecular complexity index is 1660. The summed E-state index contributed by atoms with van der Waals surface area (Å²) in [7, 11) is -5.06. The Morgan fingerprint density at radius 1 is 1.11 bits per heavy atom. The van der Waals surface area contributed by atoms with Crippen molar-refractivity contribution in [3.63, 3.8) is 0 Å². The zero-order valence-corrected chi connectivity index (χ0v) is 19.8. The summed E-state index contributed by atoms with van der Waals surface area (Å²) in [6.07, 6.45) is 1.38. The van der Waals surface area contributed by atoms with E-state index in [-0.39, 0.29) is 41.4 Å². The van der Waals surface area contributed by atoms with Crippen LogP contribution >= 0.6 is 0 Å². The lowest BCUT2D eigenvalue weighted by Gasteiger charge is -2.29. The van der Waals surface area contributed by atoms with Crippen molar-refractivity contribution in [3.8, 4) is 16.9 Å². The zero-order chi connectivity index (χ0) is 26.7. The molecule has 0 spiro atoms. The van der Waals surface area contributed by atoms with Crippen molar-refractivity contribution in [3.05, 3.63) is 77.8 Å². The summed E-state index contributed by atoms with van der Waals surface area (Å²) in [4.78, 5) is 17.6. The van der Waals surface area contributed by atoms with Crippen LogP contribution in [0.15, 0.2) is 59.6 Å². The number of benzene rings is 2. The molecule has 1 aliphatic rings. The van der Waals surface area contributed by atoms with Crippen molar-refractivity contribution in [1.29, 1.82) is 4.78 Å². The predicted molar refractivity (Wildman–Crippen MR) is 124 cm³/mol. The predicted octanol–water partition coefficient (Wildman–Crippen LogP) is 5.44. The van der Waals surface area contributed by atoms with Crippen molar-refractivity contribution in [2.75, 3.05) is 11.5 Å². The van der Waals surface area contributed by atoms with Gasteiger partial charge in [-0.25, -0.2) is 22.8 Å². The number of rotatable bonds is 4. The van der Waals surface area contributed by atoms with Crippen LogP contribution in [-0.2, 0) is 21.1 Å². The van der Waals surface area contributed by atoms with Crippen LogP contribution in [0, 0.1) is 23.3 Å². The largest absolute Gasteiger partial charge is 0.483 e. The van der Waals surface area contributed by atoms with Crippen LogP contribution < -0.4 is 9.64 Å². The first kappa shape index (κ1) is 24.7. The third kappa shape index (κ3) is 4.08. The number of hydrogen-bond acceptors (Lipinski definition) is 5. The second-order valence-corrected chi connectivity index (χ2v) is 10.3. The molecule has 0 saturated carbocycles. The highest BCUT2D eigenvalue weighted by atomic mass is 32.2. The molecule has 1 aliphatic heterocycles. The van der Waals surface area contributed by atoms with Crippen molar-refractivity contribution in [1.82, 2.24) is 9.38 Å². The minimum absolute atomic E-state index is 0.000867. The molecule has 0 fully saturated rings. The van der Waals surface area contributed by atoms with E-state index in [4.69, 9.17) is 9.52 Å². The summed E-state index contributed by atoms with van der Waals surface area (Å²) in [5.74, 6) is -1.83. The molecule has 7 nitrogen and oxygen atoms in total. The van der Waals surface area contributed by atoms with Crippen LogP contribution in [0.3, 0.4) is 0 Å². The van der Waals surface area contributed by atoms with Gasteiger partial charge >= 0.3 is 5.51 Å². The number of nitrogens with one attached hydrogen (secondary N) is 1. The number of imidazole rings is 1. The number of hydrogen-bond donors (Lipinski definition) is 1. The van der Waals surface area contributed by atoms with Gasteiger partial charge in [-0.2, -0.15) is 13.2 Å². The molecule has 1 amide bonds. The smallest absolute Gasteiger partial charge is 0.478 e. The molecule has 0 aliphatic carbocycles. The number of halogens is 5. The number of anilines is 1. The van der Waals surface area contributed by atoms with Crippen molar-refractivity contribution in [2.24, 2.45) is 0 Å². The molecular formula is C24H17F5N4O3S. The Kier molecular flexibility index (Phi) is 5.70. The minimum atomic E-state index is -5.25. The second kappa shape index (κ2) is 8.54. The molecule has 13 heteroatoms. The van der Waals surface area contributed by atoms with Gasteiger partial charge in [-0.15, -0.1) is 0 Å². The summed E-state index contributed by atoms with van der Waals surface area (Å²) in [5, 5.41) is 0. The van der Waals surface area contributed by atoms with Gasteiger partial charge in [0, 0.05) is 17.8 Å². The minimum Gasteiger partial charge on any atom is -0.478 e. The van der Waals surface area contributed by atoms with Gasteiger partial charge in [-0.3, -0.25) is 9.69 Å². The summed E-state index contributed by atoms with van der Waals surface area (Å²) in [6.45, 7) is 1.25. The Morgan fingerprint density at radius 3 is 2.49 bits per heavy atom. The van der Waals surface area contributed by atoms with E-state index in [1.165, 1.54) is 33.7 Å². The number of aryl methyl sites for hydroxylation is 1. The Hall–Kier alpha value is -4.00. The van der Waals surface area contributed by atoms with Gasteiger partial charge < -0.3 is 9.14 Å². The quantitative estimate of drug-likeness (QED) is 0.352. The Balaban J connectivity index is 1.57. The highest BCUT2D eigenvalue weighted by Crippen LogP contribution is 2.36. The molecule has 5 rings (SSSR count). The fourth-order valence-corrected chi connectivity index (χ4v) is 4.90. The number of para-hydroxylation sites is 1. The van der Waals surface area contributed by atoms with Crippen LogP contribution in [0.2, 0.25) is 0 Å². The summed E-state index contributed by atoms with van der Waals surface area (Å²) >= 11 is 0. The SMILES string of the molecule is Cc1nc2cc(F)c(-c3ccc(S(=N)(=O)C(F)(F)F)cc3)cn2c1CN1C(=O)COc2c(F)cccc21. The lowest BCUT2D eigenvalue weighted by molar-refractivity contribution is -0.121. The Morgan fingerprint density at radius 2 is 1.81 bits per heavy atom. The number of amides is 1. The maximum absolute atomic E-state index is 15.0. The van der Waals surface area contributed by atoms with Gasteiger partial charge in [-0.05, 0) is 36.8 Å². The van der Waals surface area contributed by atoms with E-state index in [1.54, 1.807) is 6.92 Å². The average Bonchev–Trinajstić information content (AvgIpc) is 3.13. The number of pyridine rings is 1. The van der Waals surface area contributed by atoms with Crippen molar-refractivity contribution >= 4 is 27.0 Å². The monoisotopic (exact) mass is 536 g/mol. The van der Waals surface area contributed by atoms with Gasteiger partial charge in [0.25, 0.3) is 5.91 Å². The van der Waals surface area contributed by atoms with Crippen LogP contribution in [0.1, 0.15) is 11.4 Å². The maximum Gasteiger partial charge on any atom is 0.483 e. The molecule has 0 bridgehead atoms. The molecule has 1 unspecified atom stereocenters. The van der Waals surface area contributed by atoms with Gasteiger partial charge in [0.15, 0.2) is 27.9 Å². The fourth-order valence-electron chi connectivity index (χ4n) is 4.12. The molecule has 192 valence electrons. The van der Waals surface area contributed by atoms with E-state index in [2.05, 4.69) is 4.98 Å². The van der Waals surface area contributed by atoms with E-state index >= 15 is 0 Å². The van der Waals surface area contributed by atoms with Crippen LogP contribution in [0.25, 0.3) is 16.8 Å².